The summed E-state index contributed by atoms with van der Waals surface area (Å²) in [5, 5.41) is 10.6. The molecule has 1 nitrogen and oxygen atoms in total. The summed E-state index contributed by atoms with van der Waals surface area (Å²) >= 11 is 1.88. The van der Waals surface area contributed by atoms with Gasteiger partial charge in [0, 0.05) is 36.5 Å². The van der Waals surface area contributed by atoms with Gasteiger partial charge in [0.15, 0.2) is 0 Å². The van der Waals surface area contributed by atoms with E-state index in [4.69, 9.17) is 0 Å². The molecule has 0 saturated heterocycles. The summed E-state index contributed by atoms with van der Waals surface area (Å²) in [4.78, 5) is 3.76. The topological polar surface area (TPSA) is 15.8 Å². The Bertz CT molecular complexity index is 1720. The molecule has 7 aromatic rings. The van der Waals surface area contributed by atoms with Crippen LogP contribution in [0.5, 0.6) is 0 Å². The maximum atomic E-state index is 3.76. The predicted molar refractivity (Wildman–Crippen MR) is 124 cm³/mol. The second kappa shape index (κ2) is 5.12. The highest BCUT2D eigenvalue weighted by Crippen LogP contribution is 2.44. The van der Waals surface area contributed by atoms with Gasteiger partial charge in [0.05, 0.1) is 5.52 Å². The van der Waals surface area contributed by atoms with Crippen molar-refractivity contribution < 1.29 is 0 Å². The number of fused-ring (bicyclic) bond motifs is 11. The normalized spacial score (nSPS) is 12.3. The van der Waals surface area contributed by atoms with E-state index >= 15 is 0 Å². The molecule has 0 aliphatic rings. The van der Waals surface area contributed by atoms with Gasteiger partial charge >= 0.3 is 0 Å². The summed E-state index contributed by atoms with van der Waals surface area (Å²) in [5.41, 5.74) is 2.47. The van der Waals surface area contributed by atoms with Gasteiger partial charge < -0.3 is 4.98 Å². The molecule has 0 bridgehead atoms. The van der Waals surface area contributed by atoms with Gasteiger partial charge in [-0.05, 0) is 39.7 Å². The van der Waals surface area contributed by atoms with Gasteiger partial charge in [-0.25, -0.2) is 0 Å². The Morgan fingerprint density at radius 3 is 1.96 bits per heavy atom. The van der Waals surface area contributed by atoms with Crippen molar-refractivity contribution in [3.8, 4) is 0 Å². The van der Waals surface area contributed by atoms with E-state index in [0.29, 0.717) is 0 Å². The minimum Gasteiger partial charge on any atom is -0.354 e. The van der Waals surface area contributed by atoms with Crippen molar-refractivity contribution in [3.05, 3.63) is 84.9 Å². The molecule has 0 unspecified atom stereocenters. The minimum absolute atomic E-state index is 1.21. The first-order valence-electron chi connectivity index (χ1n) is 9.54. The van der Waals surface area contributed by atoms with Crippen molar-refractivity contribution in [2.75, 3.05) is 0 Å². The van der Waals surface area contributed by atoms with Crippen LogP contribution < -0.4 is 0 Å². The molecule has 0 fully saturated rings. The van der Waals surface area contributed by atoms with Gasteiger partial charge in [0.25, 0.3) is 0 Å². The van der Waals surface area contributed by atoms with Gasteiger partial charge in [-0.2, -0.15) is 0 Å². The second-order valence-electron chi connectivity index (χ2n) is 7.46. The third-order valence-electron chi connectivity index (χ3n) is 5.99. The van der Waals surface area contributed by atoms with Crippen LogP contribution in [-0.4, -0.2) is 4.98 Å². The number of aromatic amines is 1. The molecule has 0 saturated carbocycles. The lowest BCUT2D eigenvalue weighted by atomic mass is 10.0. The zero-order valence-corrected chi connectivity index (χ0v) is 15.8. The number of hydrogen-bond acceptors (Lipinski definition) is 1. The Kier molecular flexibility index (Phi) is 2.68. The van der Waals surface area contributed by atoms with E-state index in [1.165, 1.54) is 63.5 Å². The summed E-state index contributed by atoms with van der Waals surface area (Å²) in [6, 6.07) is 30.9. The molecule has 28 heavy (non-hydrogen) atoms. The zero-order valence-electron chi connectivity index (χ0n) is 15.0. The largest absolute Gasteiger partial charge is 0.354 e. The standard InChI is InChI=1S/C26H15NS/c1-3-7-17-15(5-1)9-12-20-23(17)19-11-14-22-25(26(19)27-20)24-18-8-4-2-6-16(18)10-13-21(24)28-22/h1-14,27H. The van der Waals surface area contributed by atoms with Crippen LogP contribution in [0.2, 0.25) is 0 Å². The molecular formula is C26H15NS. The SMILES string of the molecule is c1ccc2c(c1)ccc1[nH]c3c(ccc4sc5ccc6ccccc6c5c43)c12. The molecule has 0 amide bonds. The Labute approximate surface area is 164 Å². The van der Waals surface area contributed by atoms with E-state index in [-0.39, 0.29) is 0 Å². The van der Waals surface area contributed by atoms with Crippen molar-refractivity contribution in [2.24, 2.45) is 0 Å². The number of benzene rings is 5. The van der Waals surface area contributed by atoms with Gasteiger partial charge in [0.1, 0.15) is 0 Å². The molecule has 2 heteroatoms. The molecule has 0 atom stereocenters. The minimum atomic E-state index is 1.21. The lowest BCUT2D eigenvalue weighted by molar-refractivity contribution is 1.57. The van der Waals surface area contributed by atoms with E-state index in [1.807, 2.05) is 11.3 Å². The van der Waals surface area contributed by atoms with Gasteiger partial charge in [-0.15, -0.1) is 11.3 Å². The Morgan fingerprint density at radius 2 is 1.14 bits per heavy atom. The fourth-order valence-electron chi connectivity index (χ4n) is 4.77. The fraction of sp³-hybridized carbons (Fsp3) is 0. The molecule has 0 aliphatic carbocycles. The average molecular weight is 373 g/mol. The van der Waals surface area contributed by atoms with E-state index in [2.05, 4.69) is 89.9 Å². The fourth-order valence-corrected chi connectivity index (χ4v) is 5.90. The molecule has 1 N–H and O–H groups in total. The number of aromatic nitrogens is 1. The molecule has 2 aromatic heterocycles. The number of H-pyrrole nitrogens is 1. The first-order chi connectivity index (χ1) is 13.9. The third-order valence-corrected chi connectivity index (χ3v) is 7.11. The Balaban J connectivity index is 1.79. The molecule has 7 rings (SSSR count). The van der Waals surface area contributed by atoms with E-state index < -0.39 is 0 Å². The first-order valence-corrected chi connectivity index (χ1v) is 10.4. The summed E-state index contributed by atoms with van der Waals surface area (Å²) in [7, 11) is 0. The molecular weight excluding hydrogens is 358 g/mol. The lowest BCUT2D eigenvalue weighted by Crippen LogP contribution is -1.75. The molecule has 0 radical (unpaired) electrons. The molecule has 5 aromatic carbocycles. The summed E-state index contributed by atoms with van der Waals surface area (Å²) in [6.07, 6.45) is 0. The highest BCUT2D eigenvalue weighted by molar-refractivity contribution is 7.26. The smallest absolute Gasteiger partial charge is 0.0559 e. The van der Waals surface area contributed by atoms with Crippen molar-refractivity contribution in [3.63, 3.8) is 0 Å². The Hall–Kier alpha value is -3.36. The van der Waals surface area contributed by atoms with Gasteiger partial charge in [-0.1, -0.05) is 66.7 Å². The zero-order chi connectivity index (χ0) is 18.2. The molecule has 130 valence electrons. The van der Waals surface area contributed by atoms with Crippen LogP contribution in [0.1, 0.15) is 0 Å². The van der Waals surface area contributed by atoms with Crippen molar-refractivity contribution in [1.82, 2.24) is 4.98 Å². The Morgan fingerprint density at radius 1 is 0.500 bits per heavy atom. The predicted octanol–water partition coefficient (Wildman–Crippen LogP) is 8.00. The van der Waals surface area contributed by atoms with Crippen LogP contribution in [0.25, 0.3) is 63.5 Å². The van der Waals surface area contributed by atoms with Crippen LogP contribution in [0, 0.1) is 0 Å². The number of hydrogen-bond donors (Lipinski definition) is 1. The van der Waals surface area contributed by atoms with E-state index in [0.717, 1.165) is 0 Å². The number of thiophene rings is 1. The van der Waals surface area contributed by atoms with Crippen LogP contribution in [0.15, 0.2) is 84.9 Å². The van der Waals surface area contributed by atoms with Crippen LogP contribution in [0.4, 0.5) is 0 Å². The third kappa shape index (κ3) is 1.76. The molecule has 2 heterocycles. The van der Waals surface area contributed by atoms with Crippen molar-refractivity contribution in [2.45, 2.75) is 0 Å². The first kappa shape index (κ1) is 14.7. The van der Waals surface area contributed by atoms with Crippen LogP contribution in [0.3, 0.4) is 0 Å². The molecule has 0 aliphatic heterocycles. The monoisotopic (exact) mass is 373 g/mol. The lowest BCUT2D eigenvalue weighted by Gasteiger charge is -2.01. The summed E-state index contributed by atoms with van der Waals surface area (Å²) < 4.78 is 2.69. The van der Waals surface area contributed by atoms with Crippen molar-refractivity contribution in [1.29, 1.82) is 0 Å². The maximum absolute atomic E-state index is 3.76. The van der Waals surface area contributed by atoms with Crippen LogP contribution in [-0.2, 0) is 0 Å². The van der Waals surface area contributed by atoms with Crippen molar-refractivity contribution >= 4 is 74.9 Å². The molecule has 0 spiro atoms. The number of nitrogens with one attached hydrogen (secondary N) is 1. The highest BCUT2D eigenvalue weighted by Gasteiger charge is 2.15. The van der Waals surface area contributed by atoms with Gasteiger partial charge in [-0.3, -0.25) is 0 Å². The van der Waals surface area contributed by atoms with Gasteiger partial charge in [0.2, 0.25) is 0 Å². The van der Waals surface area contributed by atoms with Crippen LogP contribution >= 0.6 is 11.3 Å². The number of rotatable bonds is 0. The van der Waals surface area contributed by atoms with E-state index in [9.17, 15) is 0 Å². The maximum Gasteiger partial charge on any atom is 0.0559 e. The second-order valence-corrected chi connectivity index (χ2v) is 8.54. The quantitative estimate of drug-likeness (QED) is 0.277. The van der Waals surface area contributed by atoms with E-state index in [1.54, 1.807) is 0 Å². The summed E-state index contributed by atoms with van der Waals surface area (Å²) in [5.74, 6) is 0. The summed E-state index contributed by atoms with van der Waals surface area (Å²) in [6.45, 7) is 0. The highest BCUT2D eigenvalue weighted by atomic mass is 32.1. The average Bonchev–Trinajstić information content (AvgIpc) is 3.32.